The van der Waals surface area contributed by atoms with Crippen molar-refractivity contribution in [3.8, 4) is 16.3 Å². The lowest BCUT2D eigenvalue weighted by Crippen LogP contribution is -2.22. The average Bonchev–Trinajstić information content (AvgIpc) is 3.16. The molecule has 0 N–H and O–H groups in total. The molecule has 0 radical (unpaired) electrons. The molecule has 0 aliphatic heterocycles. The van der Waals surface area contributed by atoms with E-state index in [4.69, 9.17) is 11.6 Å². The summed E-state index contributed by atoms with van der Waals surface area (Å²) in [6.07, 6.45) is 0.409. The van der Waals surface area contributed by atoms with Gasteiger partial charge in [0.05, 0.1) is 10.6 Å². The van der Waals surface area contributed by atoms with E-state index in [1.54, 1.807) is 11.3 Å². The molecular formula is C18H15ClNO2S-. The Kier molecular flexibility index (Phi) is 4.55. The number of aryl methyl sites for hydroxylation is 2. The number of hydrogen-bond acceptors (Lipinski definition) is 3. The Bertz CT molecular complexity index is 837. The largest absolute Gasteiger partial charge is 0.550 e. The summed E-state index contributed by atoms with van der Waals surface area (Å²) in [6.45, 7) is 1.96. The molecule has 0 saturated heterocycles. The molecular weight excluding hydrogens is 330 g/mol. The van der Waals surface area contributed by atoms with Gasteiger partial charge in [-0.25, -0.2) is 0 Å². The summed E-state index contributed by atoms with van der Waals surface area (Å²) in [6, 6.07) is 13.9. The normalized spacial score (nSPS) is 10.9. The fourth-order valence-electron chi connectivity index (χ4n) is 2.55. The SMILES string of the molecule is Cc1ccc(-n2c(CCC(=O)[O-])ccc2-c2cccs2)cc1Cl. The maximum absolute atomic E-state index is 10.8. The van der Waals surface area contributed by atoms with Crippen LogP contribution in [0.3, 0.4) is 0 Å². The maximum atomic E-state index is 10.8. The molecule has 3 nitrogen and oxygen atoms in total. The molecule has 0 fully saturated rings. The number of halogens is 1. The molecule has 3 rings (SSSR count). The van der Waals surface area contributed by atoms with Gasteiger partial charge in [-0.1, -0.05) is 23.7 Å². The van der Waals surface area contributed by atoms with Crippen molar-refractivity contribution < 1.29 is 9.90 Å². The number of hydrogen-bond donors (Lipinski definition) is 0. The van der Waals surface area contributed by atoms with Crippen molar-refractivity contribution in [1.82, 2.24) is 4.57 Å². The zero-order valence-corrected chi connectivity index (χ0v) is 14.2. The van der Waals surface area contributed by atoms with Crippen LogP contribution >= 0.6 is 22.9 Å². The molecule has 2 aromatic heterocycles. The Balaban J connectivity index is 2.12. The zero-order chi connectivity index (χ0) is 16.4. The molecule has 118 valence electrons. The summed E-state index contributed by atoms with van der Waals surface area (Å²) in [5, 5.41) is 13.5. The van der Waals surface area contributed by atoms with Crippen molar-refractivity contribution in [3.63, 3.8) is 0 Å². The minimum absolute atomic E-state index is 0.00646. The number of carbonyl (C=O) groups is 1. The first-order chi connectivity index (χ1) is 11.1. The van der Waals surface area contributed by atoms with E-state index in [1.165, 1.54) is 0 Å². The summed E-state index contributed by atoms with van der Waals surface area (Å²) < 4.78 is 2.07. The molecule has 2 heterocycles. The fraction of sp³-hybridized carbons (Fsp3) is 0.167. The van der Waals surface area contributed by atoms with Crippen LogP contribution in [0, 0.1) is 6.92 Å². The van der Waals surface area contributed by atoms with E-state index in [9.17, 15) is 9.90 Å². The first-order valence-electron chi connectivity index (χ1n) is 7.27. The standard InChI is InChI=1S/C18H16ClNO2S/c1-12-4-5-14(11-15(12)19)20-13(7-9-18(21)22)6-8-16(20)17-3-2-10-23-17/h2-6,8,10-11H,7,9H2,1H3,(H,21,22)/p-1. The maximum Gasteiger partial charge on any atom is 0.0631 e. The minimum atomic E-state index is -1.04. The molecule has 0 unspecified atom stereocenters. The molecule has 0 aliphatic carbocycles. The predicted molar refractivity (Wildman–Crippen MR) is 92.2 cm³/mol. The number of carboxylic acids is 1. The number of nitrogens with zero attached hydrogens (tertiary/aromatic N) is 1. The molecule has 0 bridgehead atoms. The Morgan fingerprint density at radius 2 is 2.09 bits per heavy atom. The Morgan fingerprint density at radius 1 is 1.26 bits per heavy atom. The van der Waals surface area contributed by atoms with Crippen molar-refractivity contribution in [2.45, 2.75) is 19.8 Å². The minimum Gasteiger partial charge on any atom is -0.550 e. The van der Waals surface area contributed by atoms with Crippen LogP contribution in [-0.4, -0.2) is 10.5 Å². The highest BCUT2D eigenvalue weighted by atomic mass is 35.5. The number of aromatic nitrogens is 1. The lowest BCUT2D eigenvalue weighted by Gasteiger charge is -2.14. The highest BCUT2D eigenvalue weighted by Gasteiger charge is 2.13. The Labute approximate surface area is 143 Å². The van der Waals surface area contributed by atoms with E-state index < -0.39 is 5.97 Å². The van der Waals surface area contributed by atoms with Crippen LogP contribution in [0.1, 0.15) is 17.7 Å². The van der Waals surface area contributed by atoms with Crippen LogP contribution in [-0.2, 0) is 11.2 Å². The third-order valence-corrected chi connectivity index (χ3v) is 5.03. The van der Waals surface area contributed by atoms with Gasteiger partial charge in [0, 0.05) is 22.4 Å². The first kappa shape index (κ1) is 15.8. The lowest BCUT2D eigenvalue weighted by molar-refractivity contribution is -0.305. The molecule has 5 heteroatoms. The van der Waals surface area contributed by atoms with Crippen LogP contribution in [0.4, 0.5) is 0 Å². The summed E-state index contributed by atoms with van der Waals surface area (Å²) in [4.78, 5) is 11.9. The summed E-state index contributed by atoms with van der Waals surface area (Å²) in [5.41, 5.74) is 3.91. The summed E-state index contributed by atoms with van der Waals surface area (Å²) in [5.74, 6) is -1.04. The van der Waals surface area contributed by atoms with Gasteiger partial charge >= 0.3 is 0 Å². The summed E-state index contributed by atoms with van der Waals surface area (Å²) >= 11 is 7.92. The second-order valence-electron chi connectivity index (χ2n) is 5.33. The summed E-state index contributed by atoms with van der Waals surface area (Å²) in [7, 11) is 0. The smallest absolute Gasteiger partial charge is 0.0631 e. The van der Waals surface area contributed by atoms with Crippen molar-refractivity contribution in [2.24, 2.45) is 0 Å². The van der Waals surface area contributed by atoms with Crippen molar-refractivity contribution in [1.29, 1.82) is 0 Å². The van der Waals surface area contributed by atoms with Gasteiger partial charge < -0.3 is 14.5 Å². The molecule has 3 aromatic rings. The predicted octanol–water partition coefficient (Wildman–Crippen LogP) is 3.85. The fourth-order valence-corrected chi connectivity index (χ4v) is 3.46. The van der Waals surface area contributed by atoms with E-state index in [-0.39, 0.29) is 6.42 Å². The number of thiophene rings is 1. The van der Waals surface area contributed by atoms with Crippen LogP contribution in [0.25, 0.3) is 16.3 Å². The highest BCUT2D eigenvalue weighted by Crippen LogP contribution is 2.31. The molecule has 0 amide bonds. The number of aliphatic carboxylic acids is 1. The van der Waals surface area contributed by atoms with Crippen molar-refractivity contribution in [2.75, 3.05) is 0 Å². The van der Waals surface area contributed by atoms with Crippen molar-refractivity contribution in [3.05, 3.63) is 64.1 Å². The van der Waals surface area contributed by atoms with Gasteiger partial charge in [-0.15, -0.1) is 11.3 Å². The zero-order valence-electron chi connectivity index (χ0n) is 12.6. The number of rotatable bonds is 5. The van der Waals surface area contributed by atoms with E-state index in [0.29, 0.717) is 11.4 Å². The Hall–Kier alpha value is -2.04. The van der Waals surface area contributed by atoms with Crippen LogP contribution in [0.15, 0.2) is 47.8 Å². The first-order valence-corrected chi connectivity index (χ1v) is 8.53. The van der Waals surface area contributed by atoms with E-state index >= 15 is 0 Å². The molecule has 1 aromatic carbocycles. The number of carbonyl (C=O) groups excluding carboxylic acids is 1. The van der Waals surface area contributed by atoms with Gasteiger partial charge in [0.1, 0.15) is 0 Å². The Morgan fingerprint density at radius 3 is 2.74 bits per heavy atom. The topological polar surface area (TPSA) is 45.1 Å². The van der Waals surface area contributed by atoms with E-state index in [0.717, 1.165) is 27.5 Å². The second kappa shape index (κ2) is 6.60. The van der Waals surface area contributed by atoms with Gasteiger partial charge in [0.25, 0.3) is 0 Å². The molecule has 0 aliphatic rings. The van der Waals surface area contributed by atoms with Crippen LogP contribution < -0.4 is 5.11 Å². The van der Waals surface area contributed by atoms with Crippen molar-refractivity contribution >= 4 is 28.9 Å². The van der Waals surface area contributed by atoms with E-state index in [1.807, 2.05) is 48.7 Å². The van der Waals surface area contributed by atoms with Crippen LogP contribution in [0.5, 0.6) is 0 Å². The number of carboxylic acid groups (broad SMARTS) is 1. The van der Waals surface area contributed by atoms with Gasteiger partial charge in [0.2, 0.25) is 0 Å². The number of benzene rings is 1. The van der Waals surface area contributed by atoms with E-state index in [2.05, 4.69) is 10.6 Å². The van der Waals surface area contributed by atoms with Gasteiger partial charge in [-0.2, -0.15) is 0 Å². The third kappa shape index (κ3) is 3.33. The molecule has 23 heavy (non-hydrogen) atoms. The van der Waals surface area contributed by atoms with Gasteiger partial charge in [0.15, 0.2) is 0 Å². The van der Waals surface area contributed by atoms with Crippen LogP contribution in [0.2, 0.25) is 5.02 Å². The average molecular weight is 345 g/mol. The molecule has 0 spiro atoms. The molecule has 0 atom stereocenters. The second-order valence-corrected chi connectivity index (χ2v) is 6.68. The van der Waals surface area contributed by atoms with Gasteiger partial charge in [-0.3, -0.25) is 0 Å². The monoisotopic (exact) mass is 344 g/mol. The third-order valence-electron chi connectivity index (χ3n) is 3.73. The quantitative estimate of drug-likeness (QED) is 0.705. The molecule has 0 saturated carbocycles. The lowest BCUT2D eigenvalue weighted by atomic mass is 10.2. The highest BCUT2D eigenvalue weighted by molar-refractivity contribution is 7.13. The van der Waals surface area contributed by atoms with Gasteiger partial charge in [-0.05, 0) is 61.0 Å².